The molecule has 0 radical (unpaired) electrons. The first-order chi connectivity index (χ1) is 11.2. The van der Waals surface area contributed by atoms with E-state index in [0.29, 0.717) is 17.7 Å². The van der Waals surface area contributed by atoms with Gasteiger partial charge < -0.3 is 5.32 Å². The van der Waals surface area contributed by atoms with E-state index < -0.39 is 5.54 Å². The highest BCUT2D eigenvalue weighted by molar-refractivity contribution is 7.99. The molecule has 5 heteroatoms. The van der Waals surface area contributed by atoms with Gasteiger partial charge in [0, 0.05) is 23.1 Å². The number of nitriles is 1. The van der Waals surface area contributed by atoms with Gasteiger partial charge in [0.05, 0.1) is 11.8 Å². The molecule has 1 fully saturated rings. The molecule has 0 unspecified atom stereocenters. The van der Waals surface area contributed by atoms with Crippen molar-refractivity contribution >= 4 is 17.7 Å². The van der Waals surface area contributed by atoms with Gasteiger partial charge in [-0.05, 0) is 42.9 Å². The van der Waals surface area contributed by atoms with Crippen LogP contribution in [0.15, 0.2) is 42.6 Å². The lowest BCUT2D eigenvalue weighted by atomic mass is 9.96. The molecule has 1 amide bonds. The first-order valence-corrected chi connectivity index (χ1v) is 8.63. The predicted molar refractivity (Wildman–Crippen MR) is 92.2 cm³/mol. The molecule has 1 N–H and O–H groups in total. The Morgan fingerprint density at radius 3 is 2.87 bits per heavy atom. The van der Waals surface area contributed by atoms with E-state index in [1.165, 1.54) is 0 Å². The molecule has 1 saturated heterocycles. The van der Waals surface area contributed by atoms with Crippen LogP contribution in [0.5, 0.6) is 0 Å². The molecule has 0 bridgehead atoms. The second-order valence-electron chi connectivity index (χ2n) is 5.64. The highest BCUT2D eigenvalue weighted by Gasteiger charge is 2.36. The molecule has 116 valence electrons. The predicted octanol–water partition coefficient (Wildman–Crippen LogP) is 3.19. The Kier molecular flexibility index (Phi) is 4.35. The summed E-state index contributed by atoms with van der Waals surface area (Å²) < 4.78 is 0. The van der Waals surface area contributed by atoms with E-state index in [-0.39, 0.29) is 5.91 Å². The Bertz CT molecular complexity index is 762. The Hall–Kier alpha value is -2.32. The van der Waals surface area contributed by atoms with Crippen LogP contribution >= 0.6 is 11.8 Å². The molecule has 23 heavy (non-hydrogen) atoms. The quantitative estimate of drug-likeness (QED) is 0.942. The SMILES string of the molecule is Cc1c(C(=O)N[C@@]2(C#N)CCSC2)cccc1-c1ccccn1. The minimum absolute atomic E-state index is 0.190. The minimum Gasteiger partial charge on any atom is -0.333 e. The maximum Gasteiger partial charge on any atom is 0.252 e. The third-order valence-electron chi connectivity index (χ3n) is 4.11. The largest absolute Gasteiger partial charge is 0.333 e. The summed E-state index contributed by atoms with van der Waals surface area (Å²) in [5.74, 6) is 1.36. The van der Waals surface area contributed by atoms with E-state index in [1.807, 2.05) is 37.3 Å². The first-order valence-electron chi connectivity index (χ1n) is 7.48. The Morgan fingerprint density at radius 1 is 1.35 bits per heavy atom. The van der Waals surface area contributed by atoms with Crippen LogP contribution < -0.4 is 5.32 Å². The number of pyridine rings is 1. The molecule has 2 heterocycles. The van der Waals surface area contributed by atoms with Crippen LogP contribution in [0.25, 0.3) is 11.3 Å². The van der Waals surface area contributed by atoms with Crippen molar-refractivity contribution in [2.45, 2.75) is 18.9 Å². The van der Waals surface area contributed by atoms with E-state index in [4.69, 9.17) is 0 Å². The standard InChI is InChI=1S/C18H17N3OS/c1-13-14(16-7-2-3-9-20-16)5-4-6-15(13)17(22)21-18(11-19)8-10-23-12-18/h2-7,9H,8,10,12H2,1H3,(H,21,22)/t18-/m1/s1. The van der Waals surface area contributed by atoms with Crippen molar-refractivity contribution in [3.8, 4) is 17.3 Å². The van der Waals surface area contributed by atoms with Crippen molar-refractivity contribution in [2.24, 2.45) is 0 Å². The van der Waals surface area contributed by atoms with Gasteiger partial charge in [0.2, 0.25) is 0 Å². The molecule has 0 spiro atoms. The van der Waals surface area contributed by atoms with Crippen LogP contribution in [0.2, 0.25) is 0 Å². The smallest absolute Gasteiger partial charge is 0.252 e. The average Bonchev–Trinajstić information content (AvgIpc) is 3.05. The summed E-state index contributed by atoms with van der Waals surface area (Å²) in [4.78, 5) is 17.0. The molecule has 1 atom stereocenters. The van der Waals surface area contributed by atoms with Gasteiger partial charge in [-0.15, -0.1) is 0 Å². The summed E-state index contributed by atoms with van der Waals surface area (Å²) in [7, 11) is 0. The van der Waals surface area contributed by atoms with Gasteiger partial charge in [0.25, 0.3) is 5.91 Å². The Labute approximate surface area is 139 Å². The molecule has 1 aromatic carbocycles. The van der Waals surface area contributed by atoms with Crippen LogP contribution in [0.3, 0.4) is 0 Å². The van der Waals surface area contributed by atoms with Crippen molar-refractivity contribution in [1.82, 2.24) is 10.3 Å². The molecule has 4 nitrogen and oxygen atoms in total. The van der Waals surface area contributed by atoms with Crippen LogP contribution in [0.4, 0.5) is 0 Å². The van der Waals surface area contributed by atoms with E-state index in [1.54, 1.807) is 24.0 Å². The first kappa shape index (κ1) is 15.6. The molecule has 3 rings (SSSR count). The lowest BCUT2D eigenvalue weighted by Gasteiger charge is -2.22. The number of thioether (sulfide) groups is 1. The van der Waals surface area contributed by atoms with Crippen molar-refractivity contribution in [2.75, 3.05) is 11.5 Å². The van der Waals surface area contributed by atoms with Crippen molar-refractivity contribution in [3.05, 3.63) is 53.7 Å². The van der Waals surface area contributed by atoms with Crippen LogP contribution in [0, 0.1) is 18.3 Å². The second kappa shape index (κ2) is 6.43. The van der Waals surface area contributed by atoms with Gasteiger partial charge >= 0.3 is 0 Å². The molecule has 1 aliphatic heterocycles. The number of nitrogens with one attached hydrogen (secondary N) is 1. The topological polar surface area (TPSA) is 65.8 Å². The number of carbonyl (C=O) groups is 1. The number of hydrogen-bond acceptors (Lipinski definition) is 4. The van der Waals surface area contributed by atoms with E-state index in [0.717, 1.165) is 22.6 Å². The van der Waals surface area contributed by atoms with Crippen molar-refractivity contribution in [3.63, 3.8) is 0 Å². The fourth-order valence-electron chi connectivity index (χ4n) is 2.75. The van der Waals surface area contributed by atoms with E-state index >= 15 is 0 Å². The molecule has 0 aliphatic carbocycles. The fraction of sp³-hybridized carbons (Fsp3) is 0.278. The zero-order valence-corrected chi connectivity index (χ0v) is 13.7. The van der Waals surface area contributed by atoms with Crippen LogP contribution in [0.1, 0.15) is 22.3 Å². The molecular formula is C18H17N3OS. The number of nitrogens with zero attached hydrogens (tertiary/aromatic N) is 2. The summed E-state index contributed by atoms with van der Waals surface area (Å²) in [5, 5.41) is 12.4. The van der Waals surface area contributed by atoms with Gasteiger partial charge in [-0.2, -0.15) is 17.0 Å². The summed E-state index contributed by atoms with van der Waals surface area (Å²) in [5.41, 5.74) is 2.51. The molecule has 0 saturated carbocycles. The van der Waals surface area contributed by atoms with Crippen molar-refractivity contribution < 1.29 is 4.79 Å². The van der Waals surface area contributed by atoms with Crippen molar-refractivity contribution in [1.29, 1.82) is 5.26 Å². The second-order valence-corrected chi connectivity index (χ2v) is 6.75. The summed E-state index contributed by atoms with van der Waals surface area (Å²) in [6.45, 7) is 1.92. The Morgan fingerprint density at radius 2 is 2.22 bits per heavy atom. The number of aromatic nitrogens is 1. The third-order valence-corrected chi connectivity index (χ3v) is 5.30. The highest BCUT2D eigenvalue weighted by atomic mass is 32.2. The number of carbonyl (C=O) groups excluding carboxylic acids is 1. The zero-order valence-electron chi connectivity index (χ0n) is 12.9. The summed E-state index contributed by atoms with van der Waals surface area (Å²) in [6, 6.07) is 13.6. The maximum absolute atomic E-state index is 12.7. The maximum atomic E-state index is 12.7. The molecule has 1 aliphatic rings. The molecular weight excluding hydrogens is 306 g/mol. The Balaban J connectivity index is 1.92. The number of hydrogen-bond donors (Lipinski definition) is 1. The lowest BCUT2D eigenvalue weighted by molar-refractivity contribution is 0.0925. The monoisotopic (exact) mass is 323 g/mol. The highest BCUT2D eigenvalue weighted by Crippen LogP contribution is 2.29. The fourth-order valence-corrected chi connectivity index (χ4v) is 4.01. The third kappa shape index (κ3) is 3.08. The van der Waals surface area contributed by atoms with Crippen LogP contribution in [-0.4, -0.2) is 27.9 Å². The zero-order chi connectivity index (χ0) is 16.3. The van der Waals surface area contributed by atoms with Gasteiger partial charge in [0.1, 0.15) is 5.54 Å². The minimum atomic E-state index is -0.741. The summed E-state index contributed by atoms with van der Waals surface area (Å²) >= 11 is 1.70. The van der Waals surface area contributed by atoms with Gasteiger partial charge in [-0.1, -0.05) is 18.2 Å². The molecule has 1 aromatic heterocycles. The lowest BCUT2D eigenvalue weighted by Crippen LogP contribution is -2.47. The summed E-state index contributed by atoms with van der Waals surface area (Å²) in [6.07, 6.45) is 2.43. The molecule has 2 aromatic rings. The van der Waals surface area contributed by atoms with Crippen LogP contribution in [-0.2, 0) is 0 Å². The van der Waals surface area contributed by atoms with E-state index in [2.05, 4.69) is 16.4 Å². The normalized spacial score (nSPS) is 20.0. The number of amides is 1. The number of benzene rings is 1. The van der Waals surface area contributed by atoms with Gasteiger partial charge in [0.15, 0.2) is 0 Å². The van der Waals surface area contributed by atoms with E-state index in [9.17, 15) is 10.1 Å². The number of rotatable bonds is 3. The average molecular weight is 323 g/mol. The van der Waals surface area contributed by atoms with Gasteiger partial charge in [-0.3, -0.25) is 9.78 Å². The van der Waals surface area contributed by atoms with Gasteiger partial charge in [-0.25, -0.2) is 0 Å².